The van der Waals surface area contributed by atoms with Crippen LogP contribution < -0.4 is 11.1 Å². The molecule has 1 aromatic carbocycles. The highest BCUT2D eigenvalue weighted by atomic mass is 16.5. The predicted octanol–water partition coefficient (Wildman–Crippen LogP) is 2.10. The number of nitrogen functional groups attached to an aromatic ring is 1. The van der Waals surface area contributed by atoms with Crippen LogP contribution in [0.3, 0.4) is 0 Å². The molecule has 2 unspecified atom stereocenters. The monoisotopic (exact) mass is 291 g/mol. The van der Waals surface area contributed by atoms with E-state index in [1.54, 1.807) is 12.1 Å². The Bertz CT molecular complexity index is 455. The average Bonchev–Trinajstić information content (AvgIpc) is 2.99. The molecule has 0 radical (unpaired) electrons. The summed E-state index contributed by atoms with van der Waals surface area (Å²) in [6, 6.07) is 7.01. The number of hydrogen-bond acceptors (Lipinski definition) is 4. The van der Waals surface area contributed by atoms with Gasteiger partial charge in [0.25, 0.3) is 0 Å². The molecule has 1 fully saturated rings. The van der Waals surface area contributed by atoms with E-state index < -0.39 is 0 Å². The molecular weight excluding hydrogens is 266 g/mol. The van der Waals surface area contributed by atoms with Crippen molar-refractivity contribution in [2.24, 2.45) is 0 Å². The number of nitrogens with two attached hydrogens (primary N) is 1. The number of carbonyl (C=O) groups excluding carboxylic acids is 1. The highest BCUT2D eigenvalue weighted by Gasteiger charge is 2.25. The van der Waals surface area contributed by atoms with Crippen molar-refractivity contribution < 1.29 is 9.53 Å². The lowest BCUT2D eigenvalue weighted by Crippen LogP contribution is -2.45. The summed E-state index contributed by atoms with van der Waals surface area (Å²) in [5, 5.41) is 2.93. The van der Waals surface area contributed by atoms with Crippen LogP contribution in [0, 0.1) is 0 Å². The molecule has 0 bridgehead atoms. The van der Waals surface area contributed by atoms with Crippen molar-refractivity contribution in [1.82, 2.24) is 4.90 Å². The van der Waals surface area contributed by atoms with Gasteiger partial charge < -0.3 is 15.8 Å². The fraction of sp³-hybridized carbons (Fsp3) is 0.562. The highest BCUT2D eigenvalue weighted by Crippen LogP contribution is 2.16. The predicted molar refractivity (Wildman–Crippen MR) is 85.2 cm³/mol. The van der Waals surface area contributed by atoms with Gasteiger partial charge in [0.1, 0.15) is 0 Å². The normalized spacial score (nSPS) is 19.7. The molecule has 3 N–H and O–H groups in total. The number of ether oxygens (including phenoxy) is 1. The molecule has 0 spiro atoms. The van der Waals surface area contributed by atoms with Crippen LogP contribution in [0.2, 0.25) is 0 Å². The summed E-state index contributed by atoms with van der Waals surface area (Å²) in [5.41, 5.74) is 7.11. The Labute approximate surface area is 126 Å². The molecule has 116 valence electrons. The number of rotatable bonds is 6. The molecule has 1 aromatic rings. The molecule has 0 aliphatic carbocycles. The van der Waals surface area contributed by atoms with Gasteiger partial charge in [-0.15, -0.1) is 0 Å². The Morgan fingerprint density at radius 2 is 2.19 bits per heavy atom. The zero-order valence-corrected chi connectivity index (χ0v) is 12.8. The van der Waals surface area contributed by atoms with E-state index in [9.17, 15) is 4.79 Å². The van der Waals surface area contributed by atoms with Crippen molar-refractivity contribution in [1.29, 1.82) is 0 Å². The molecule has 1 aliphatic heterocycles. The molecule has 1 heterocycles. The fourth-order valence-electron chi connectivity index (χ4n) is 2.59. The van der Waals surface area contributed by atoms with E-state index in [0.29, 0.717) is 5.69 Å². The maximum absolute atomic E-state index is 12.3. The van der Waals surface area contributed by atoms with Crippen LogP contribution in [0.25, 0.3) is 0 Å². The Morgan fingerprint density at radius 1 is 1.48 bits per heavy atom. The molecule has 21 heavy (non-hydrogen) atoms. The topological polar surface area (TPSA) is 67.6 Å². The first-order valence-electron chi connectivity index (χ1n) is 7.62. The van der Waals surface area contributed by atoms with Gasteiger partial charge in [0.15, 0.2) is 0 Å². The zero-order valence-electron chi connectivity index (χ0n) is 12.8. The maximum atomic E-state index is 12.3. The second-order valence-electron chi connectivity index (χ2n) is 5.51. The number of amides is 1. The van der Waals surface area contributed by atoms with E-state index in [4.69, 9.17) is 10.5 Å². The Kier molecular flexibility index (Phi) is 5.59. The summed E-state index contributed by atoms with van der Waals surface area (Å²) in [6.45, 7) is 6.49. The van der Waals surface area contributed by atoms with E-state index in [1.807, 2.05) is 19.1 Å². The van der Waals surface area contributed by atoms with E-state index in [2.05, 4.69) is 17.1 Å². The molecule has 5 nitrogen and oxygen atoms in total. The second kappa shape index (κ2) is 7.43. The lowest BCUT2D eigenvalue weighted by Gasteiger charge is -2.29. The number of benzene rings is 1. The van der Waals surface area contributed by atoms with Crippen LogP contribution in [0.4, 0.5) is 11.4 Å². The standard InChI is InChI=1S/C16H25N3O2/c1-3-19(11-15-5-4-10-21-15)12(2)16(20)18-14-8-6-13(17)7-9-14/h6-9,12,15H,3-5,10-11,17H2,1-2H3,(H,18,20). The van der Waals surface area contributed by atoms with Crippen molar-refractivity contribution in [3.05, 3.63) is 24.3 Å². The SMILES string of the molecule is CCN(CC1CCCO1)C(C)C(=O)Nc1ccc(N)cc1. The van der Waals surface area contributed by atoms with Gasteiger partial charge >= 0.3 is 0 Å². The van der Waals surface area contributed by atoms with E-state index in [1.165, 1.54) is 0 Å². The third kappa shape index (κ3) is 4.44. The third-order valence-corrected chi connectivity index (χ3v) is 3.97. The highest BCUT2D eigenvalue weighted by molar-refractivity contribution is 5.94. The van der Waals surface area contributed by atoms with Crippen molar-refractivity contribution in [2.75, 3.05) is 30.7 Å². The number of carbonyl (C=O) groups is 1. The first kappa shape index (κ1) is 15.8. The van der Waals surface area contributed by atoms with Crippen molar-refractivity contribution >= 4 is 17.3 Å². The maximum Gasteiger partial charge on any atom is 0.241 e. The van der Waals surface area contributed by atoms with Gasteiger partial charge in [0.2, 0.25) is 5.91 Å². The number of nitrogens with zero attached hydrogens (tertiary/aromatic N) is 1. The Balaban J connectivity index is 1.91. The van der Waals surface area contributed by atoms with Crippen molar-refractivity contribution in [3.8, 4) is 0 Å². The van der Waals surface area contributed by atoms with Gasteiger partial charge in [-0.25, -0.2) is 0 Å². The minimum absolute atomic E-state index is 0.000353. The molecule has 2 rings (SSSR count). The lowest BCUT2D eigenvalue weighted by atomic mass is 10.2. The van der Waals surface area contributed by atoms with E-state index in [-0.39, 0.29) is 18.1 Å². The quantitative estimate of drug-likeness (QED) is 0.788. The van der Waals surface area contributed by atoms with Gasteiger partial charge in [-0.05, 0) is 50.6 Å². The lowest BCUT2D eigenvalue weighted by molar-refractivity contribution is -0.121. The first-order chi connectivity index (χ1) is 10.1. The number of nitrogens with one attached hydrogen (secondary N) is 1. The van der Waals surface area contributed by atoms with Crippen LogP contribution >= 0.6 is 0 Å². The number of anilines is 2. The van der Waals surface area contributed by atoms with E-state index >= 15 is 0 Å². The molecule has 5 heteroatoms. The zero-order chi connectivity index (χ0) is 15.2. The summed E-state index contributed by atoms with van der Waals surface area (Å²) < 4.78 is 5.66. The molecule has 2 atom stereocenters. The minimum Gasteiger partial charge on any atom is -0.399 e. The summed E-state index contributed by atoms with van der Waals surface area (Å²) in [7, 11) is 0. The smallest absolute Gasteiger partial charge is 0.241 e. The second-order valence-corrected chi connectivity index (χ2v) is 5.51. The molecule has 1 aliphatic rings. The van der Waals surface area contributed by atoms with Gasteiger partial charge in [0.05, 0.1) is 12.1 Å². The van der Waals surface area contributed by atoms with Crippen molar-refractivity contribution in [2.45, 2.75) is 38.8 Å². The molecule has 0 saturated carbocycles. The molecular formula is C16H25N3O2. The summed E-state index contributed by atoms with van der Waals surface area (Å²) >= 11 is 0. The largest absolute Gasteiger partial charge is 0.399 e. The van der Waals surface area contributed by atoms with Crippen LogP contribution in [-0.4, -0.2) is 42.6 Å². The number of likely N-dealkylation sites (N-methyl/N-ethyl adjacent to an activating group) is 1. The van der Waals surface area contributed by atoms with Crippen LogP contribution in [0.5, 0.6) is 0 Å². The molecule has 1 amide bonds. The third-order valence-electron chi connectivity index (χ3n) is 3.97. The summed E-state index contributed by atoms with van der Waals surface area (Å²) in [6.07, 6.45) is 2.47. The first-order valence-corrected chi connectivity index (χ1v) is 7.62. The summed E-state index contributed by atoms with van der Waals surface area (Å²) in [5.74, 6) is -0.000353. The molecule has 0 aromatic heterocycles. The molecule has 1 saturated heterocycles. The fourth-order valence-corrected chi connectivity index (χ4v) is 2.59. The van der Waals surface area contributed by atoms with Gasteiger partial charge in [-0.3, -0.25) is 9.69 Å². The van der Waals surface area contributed by atoms with Gasteiger partial charge in [-0.2, -0.15) is 0 Å². The average molecular weight is 291 g/mol. The van der Waals surface area contributed by atoms with Crippen molar-refractivity contribution in [3.63, 3.8) is 0 Å². The van der Waals surface area contributed by atoms with Gasteiger partial charge in [0, 0.05) is 24.5 Å². The van der Waals surface area contributed by atoms with E-state index in [0.717, 1.165) is 38.2 Å². The van der Waals surface area contributed by atoms with Gasteiger partial charge in [-0.1, -0.05) is 6.92 Å². The number of hydrogen-bond donors (Lipinski definition) is 2. The van der Waals surface area contributed by atoms with Crippen LogP contribution in [0.1, 0.15) is 26.7 Å². The Hall–Kier alpha value is -1.59. The Morgan fingerprint density at radius 3 is 2.76 bits per heavy atom. The minimum atomic E-state index is -0.184. The summed E-state index contributed by atoms with van der Waals surface area (Å²) in [4.78, 5) is 14.5. The van der Waals surface area contributed by atoms with Crippen LogP contribution in [0.15, 0.2) is 24.3 Å². The van der Waals surface area contributed by atoms with Crippen LogP contribution in [-0.2, 0) is 9.53 Å².